The van der Waals surface area contributed by atoms with Gasteiger partial charge in [0.25, 0.3) is 0 Å². The highest BCUT2D eigenvalue weighted by Crippen LogP contribution is 1.80. The summed E-state index contributed by atoms with van der Waals surface area (Å²) in [5.74, 6) is 0. The fourth-order valence-electron chi connectivity index (χ4n) is 0.506. The summed E-state index contributed by atoms with van der Waals surface area (Å²) in [5.41, 5.74) is 0. The molecular weight excluding hydrogens is 225 g/mol. The van der Waals surface area contributed by atoms with E-state index in [1.165, 1.54) is 12.8 Å². The molecule has 0 aromatic rings. The van der Waals surface area contributed by atoms with Gasteiger partial charge in [0, 0.05) is 6.54 Å². The van der Waals surface area contributed by atoms with Gasteiger partial charge in [-0.1, -0.05) is 19.4 Å². The van der Waals surface area contributed by atoms with Crippen molar-refractivity contribution in [2.45, 2.75) is 19.8 Å². The Morgan fingerprint density at radius 3 is 2.67 bits per heavy atom. The fourth-order valence-corrected chi connectivity index (χ4v) is 0.506. The predicted octanol–water partition coefficient (Wildman–Crippen LogP) is 2.18. The lowest BCUT2D eigenvalue weighted by Crippen LogP contribution is -2.14. The minimum absolute atomic E-state index is 0. The van der Waals surface area contributed by atoms with Crippen molar-refractivity contribution < 1.29 is 0 Å². The van der Waals surface area contributed by atoms with E-state index in [1.54, 1.807) is 0 Å². The molecule has 9 heavy (non-hydrogen) atoms. The SMILES string of the molecule is C=CCNCCCC.I. The number of nitrogens with one attached hydrogen (secondary N) is 1. The lowest BCUT2D eigenvalue weighted by molar-refractivity contribution is 0.682. The van der Waals surface area contributed by atoms with E-state index in [9.17, 15) is 0 Å². The minimum Gasteiger partial charge on any atom is -0.313 e. The first-order valence-electron chi connectivity index (χ1n) is 3.23. The minimum atomic E-state index is 0. The van der Waals surface area contributed by atoms with Crippen LogP contribution in [0.4, 0.5) is 0 Å². The molecule has 2 heteroatoms. The molecule has 0 aliphatic heterocycles. The number of unbranched alkanes of at least 4 members (excludes halogenated alkanes) is 1. The Kier molecular flexibility index (Phi) is 15.2. The Hall–Kier alpha value is 0.430. The zero-order valence-electron chi connectivity index (χ0n) is 6.02. The quantitative estimate of drug-likeness (QED) is 0.442. The van der Waals surface area contributed by atoms with Crippen LogP contribution < -0.4 is 5.32 Å². The first-order chi connectivity index (χ1) is 3.91. The third kappa shape index (κ3) is 11.8. The fraction of sp³-hybridized carbons (Fsp3) is 0.714. The molecule has 0 saturated carbocycles. The van der Waals surface area contributed by atoms with Gasteiger partial charge in [0.2, 0.25) is 0 Å². The summed E-state index contributed by atoms with van der Waals surface area (Å²) in [6.45, 7) is 7.86. The largest absolute Gasteiger partial charge is 0.313 e. The zero-order chi connectivity index (χ0) is 6.24. The standard InChI is InChI=1S/C7H15N.HI/c1-3-5-7-8-6-4-2;/h4,8H,2-3,5-7H2,1H3;1H. The highest BCUT2D eigenvalue weighted by molar-refractivity contribution is 14.0. The van der Waals surface area contributed by atoms with Crippen LogP contribution in [0.2, 0.25) is 0 Å². The van der Waals surface area contributed by atoms with Gasteiger partial charge >= 0.3 is 0 Å². The summed E-state index contributed by atoms with van der Waals surface area (Å²) in [6.07, 6.45) is 4.42. The van der Waals surface area contributed by atoms with E-state index in [0.717, 1.165) is 13.1 Å². The molecule has 0 fully saturated rings. The molecule has 0 radical (unpaired) electrons. The second-order valence-corrected chi connectivity index (χ2v) is 1.85. The van der Waals surface area contributed by atoms with Crippen LogP contribution in [0.25, 0.3) is 0 Å². The number of hydrogen-bond acceptors (Lipinski definition) is 1. The molecule has 0 bridgehead atoms. The van der Waals surface area contributed by atoms with Crippen molar-refractivity contribution in [2.75, 3.05) is 13.1 Å². The molecule has 0 spiro atoms. The van der Waals surface area contributed by atoms with Crippen LogP contribution in [-0.2, 0) is 0 Å². The van der Waals surface area contributed by atoms with Crippen LogP contribution >= 0.6 is 24.0 Å². The van der Waals surface area contributed by atoms with Gasteiger partial charge < -0.3 is 5.32 Å². The molecule has 0 unspecified atom stereocenters. The van der Waals surface area contributed by atoms with Crippen molar-refractivity contribution in [3.63, 3.8) is 0 Å². The maximum absolute atomic E-state index is 3.60. The Balaban J connectivity index is 0. The van der Waals surface area contributed by atoms with Crippen molar-refractivity contribution in [1.82, 2.24) is 5.32 Å². The molecule has 0 aromatic carbocycles. The smallest absolute Gasteiger partial charge is 0.0132 e. The summed E-state index contributed by atoms with van der Waals surface area (Å²) >= 11 is 0. The molecule has 0 aromatic heterocycles. The molecule has 0 aliphatic carbocycles. The summed E-state index contributed by atoms with van der Waals surface area (Å²) in [5, 5.41) is 3.22. The average Bonchev–Trinajstić information content (AvgIpc) is 1.81. The van der Waals surface area contributed by atoms with E-state index in [0.29, 0.717) is 0 Å². The van der Waals surface area contributed by atoms with E-state index in [2.05, 4.69) is 18.8 Å². The van der Waals surface area contributed by atoms with Crippen molar-refractivity contribution in [1.29, 1.82) is 0 Å². The first kappa shape index (κ1) is 12.1. The molecular formula is C7H16IN. The molecule has 1 N–H and O–H groups in total. The Bertz CT molecular complexity index is 54.9. The third-order valence-electron chi connectivity index (χ3n) is 0.996. The van der Waals surface area contributed by atoms with Gasteiger partial charge in [-0.05, 0) is 13.0 Å². The summed E-state index contributed by atoms with van der Waals surface area (Å²) < 4.78 is 0. The van der Waals surface area contributed by atoms with Gasteiger partial charge in [-0.15, -0.1) is 30.6 Å². The monoisotopic (exact) mass is 241 g/mol. The van der Waals surface area contributed by atoms with E-state index in [4.69, 9.17) is 0 Å². The normalized spacial score (nSPS) is 8.11. The van der Waals surface area contributed by atoms with Gasteiger partial charge in [-0.3, -0.25) is 0 Å². The van der Waals surface area contributed by atoms with Crippen molar-refractivity contribution in [2.24, 2.45) is 0 Å². The zero-order valence-corrected chi connectivity index (χ0v) is 8.35. The summed E-state index contributed by atoms with van der Waals surface area (Å²) in [4.78, 5) is 0. The molecule has 0 rings (SSSR count). The highest BCUT2D eigenvalue weighted by Gasteiger charge is 1.78. The van der Waals surface area contributed by atoms with Gasteiger partial charge in [0.15, 0.2) is 0 Å². The van der Waals surface area contributed by atoms with Crippen molar-refractivity contribution in [3.05, 3.63) is 12.7 Å². The van der Waals surface area contributed by atoms with E-state index >= 15 is 0 Å². The lowest BCUT2D eigenvalue weighted by atomic mass is 10.3. The first-order valence-corrected chi connectivity index (χ1v) is 3.23. The molecule has 0 saturated heterocycles. The van der Waals surface area contributed by atoms with Crippen LogP contribution in [0.1, 0.15) is 19.8 Å². The van der Waals surface area contributed by atoms with Crippen LogP contribution in [0.3, 0.4) is 0 Å². The van der Waals surface area contributed by atoms with Crippen molar-refractivity contribution in [3.8, 4) is 0 Å². The lowest BCUT2D eigenvalue weighted by Gasteiger charge is -1.96. The maximum Gasteiger partial charge on any atom is 0.0132 e. The van der Waals surface area contributed by atoms with Crippen LogP contribution in [0.15, 0.2) is 12.7 Å². The summed E-state index contributed by atoms with van der Waals surface area (Å²) in [6, 6.07) is 0. The van der Waals surface area contributed by atoms with Crippen molar-refractivity contribution >= 4 is 24.0 Å². The number of hydrogen-bond donors (Lipinski definition) is 1. The molecule has 1 nitrogen and oxygen atoms in total. The topological polar surface area (TPSA) is 12.0 Å². The second kappa shape index (κ2) is 11.3. The van der Waals surface area contributed by atoms with Crippen LogP contribution in [0, 0.1) is 0 Å². The van der Waals surface area contributed by atoms with E-state index in [-0.39, 0.29) is 24.0 Å². The van der Waals surface area contributed by atoms with Gasteiger partial charge in [-0.2, -0.15) is 0 Å². The van der Waals surface area contributed by atoms with E-state index in [1.807, 2.05) is 6.08 Å². The molecule has 0 aliphatic rings. The highest BCUT2D eigenvalue weighted by atomic mass is 127. The molecule has 0 heterocycles. The predicted molar refractivity (Wildman–Crippen MR) is 53.4 cm³/mol. The Morgan fingerprint density at radius 2 is 2.22 bits per heavy atom. The van der Waals surface area contributed by atoms with Crippen LogP contribution in [-0.4, -0.2) is 13.1 Å². The van der Waals surface area contributed by atoms with Gasteiger partial charge in [0.1, 0.15) is 0 Å². The Morgan fingerprint density at radius 1 is 1.56 bits per heavy atom. The molecule has 56 valence electrons. The maximum atomic E-state index is 3.60. The third-order valence-corrected chi connectivity index (χ3v) is 0.996. The number of halogens is 1. The van der Waals surface area contributed by atoms with Gasteiger partial charge in [0.05, 0.1) is 0 Å². The van der Waals surface area contributed by atoms with Crippen LogP contribution in [0.5, 0.6) is 0 Å². The average molecular weight is 241 g/mol. The van der Waals surface area contributed by atoms with Gasteiger partial charge in [-0.25, -0.2) is 0 Å². The number of rotatable bonds is 5. The van der Waals surface area contributed by atoms with E-state index < -0.39 is 0 Å². The summed E-state index contributed by atoms with van der Waals surface area (Å²) in [7, 11) is 0. The second-order valence-electron chi connectivity index (χ2n) is 1.85. The molecule has 0 atom stereocenters. The Labute approximate surface area is 74.9 Å². The molecule has 0 amide bonds.